The summed E-state index contributed by atoms with van der Waals surface area (Å²) in [4.78, 5) is 33.5. The molecule has 7 nitrogen and oxygen atoms in total. The minimum absolute atomic E-state index is 0.364. The Morgan fingerprint density at radius 1 is 1.21 bits per heavy atom. The number of nitrogens with zero attached hydrogens (tertiary/aromatic N) is 2. The first-order valence-electron chi connectivity index (χ1n) is 8.65. The van der Waals surface area contributed by atoms with E-state index in [1.54, 1.807) is 12.1 Å². The Kier molecular flexibility index (Phi) is 6.01. The number of para-hydroxylation sites is 1. The number of aromatic nitrogens is 2. The first-order valence-corrected chi connectivity index (χ1v) is 9.63. The molecule has 3 N–H and O–H groups in total. The lowest BCUT2D eigenvalue weighted by Gasteiger charge is -2.13. The van der Waals surface area contributed by atoms with Gasteiger partial charge < -0.3 is 20.4 Å². The lowest BCUT2D eigenvalue weighted by molar-refractivity contribution is 0.0599. The van der Waals surface area contributed by atoms with E-state index in [9.17, 15) is 9.59 Å². The van der Waals surface area contributed by atoms with E-state index in [2.05, 4.69) is 9.97 Å². The van der Waals surface area contributed by atoms with Crippen LogP contribution in [0.25, 0.3) is 11.0 Å². The zero-order chi connectivity index (χ0) is 20.3. The molecule has 0 unspecified atom stereocenters. The molecule has 3 rings (SSSR count). The van der Waals surface area contributed by atoms with E-state index in [0.29, 0.717) is 27.6 Å². The maximum atomic E-state index is 12.2. The smallest absolute Gasteiger partial charge is 0.338 e. The summed E-state index contributed by atoms with van der Waals surface area (Å²) in [5, 5.41) is 0.650. The van der Waals surface area contributed by atoms with Gasteiger partial charge >= 0.3 is 5.97 Å². The number of esters is 1. The fourth-order valence-corrected chi connectivity index (χ4v) is 3.82. The fraction of sp³-hybridized carbons (Fsp3) is 0.250. The summed E-state index contributed by atoms with van der Waals surface area (Å²) in [5.74, 6) is -0.353. The second-order valence-electron chi connectivity index (χ2n) is 6.62. The van der Waals surface area contributed by atoms with Gasteiger partial charge in [0.05, 0.1) is 23.8 Å². The third-order valence-electron chi connectivity index (χ3n) is 4.20. The summed E-state index contributed by atoms with van der Waals surface area (Å²) >= 11 is 1.44. The van der Waals surface area contributed by atoms with Gasteiger partial charge in [-0.05, 0) is 43.4 Å². The number of H-pyrrole nitrogens is 1. The maximum Gasteiger partial charge on any atom is 0.338 e. The number of amides is 1. The molecule has 0 atom stereocenters. The van der Waals surface area contributed by atoms with Gasteiger partial charge in [-0.1, -0.05) is 30.0 Å². The van der Waals surface area contributed by atoms with Gasteiger partial charge in [0, 0.05) is 12.3 Å². The number of hydrogen-bond acceptors (Lipinski definition) is 6. The van der Waals surface area contributed by atoms with Crippen molar-refractivity contribution in [2.24, 2.45) is 5.73 Å². The van der Waals surface area contributed by atoms with E-state index in [-0.39, 0.29) is 5.97 Å². The van der Waals surface area contributed by atoms with E-state index in [1.165, 1.54) is 18.9 Å². The third kappa shape index (κ3) is 4.35. The molecule has 146 valence electrons. The van der Waals surface area contributed by atoms with Crippen LogP contribution in [0.3, 0.4) is 0 Å². The molecule has 0 bridgehead atoms. The second-order valence-corrected chi connectivity index (χ2v) is 7.58. The van der Waals surface area contributed by atoms with Crippen LogP contribution in [0.15, 0.2) is 41.6 Å². The number of rotatable bonds is 7. The number of carbonyl (C=O) groups excluding carboxylic acids is 2. The predicted octanol–water partition coefficient (Wildman–Crippen LogP) is 2.80. The Hall–Kier alpha value is -2.84. The number of ether oxygens (including phenoxy) is 1. The van der Waals surface area contributed by atoms with Gasteiger partial charge in [0.2, 0.25) is 0 Å². The van der Waals surface area contributed by atoms with Gasteiger partial charge in [-0.25, -0.2) is 9.78 Å². The normalized spacial score (nSPS) is 11.1. The number of methoxy groups -OCH3 is 1. The molecule has 28 heavy (non-hydrogen) atoms. The number of benzene rings is 2. The molecular weight excluding hydrogens is 376 g/mol. The second kappa shape index (κ2) is 8.45. The molecule has 0 saturated carbocycles. The van der Waals surface area contributed by atoms with Crippen molar-refractivity contribution in [2.45, 2.75) is 17.5 Å². The molecule has 0 aliphatic carbocycles. The van der Waals surface area contributed by atoms with Gasteiger partial charge in [0.25, 0.3) is 5.91 Å². The Labute approximate surface area is 167 Å². The highest BCUT2D eigenvalue weighted by molar-refractivity contribution is 7.98. The van der Waals surface area contributed by atoms with Crippen molar-refractivity contribution in [3.05, 3.63) is 58.7 Å². The summed E-state index contributed by atoms with van der Waals surface area (Å²) in [6, 6.07) is 11.1. The monoisotopic (exact) mass is 398 g/mol. The highest BCUT2D eigenvalue weighted by Gasteiger charge is 2.15. The Morgan fingerprint density at radius 3 is 2.68 bits per heavy atom. The molecule has 0 spiro atoms. The molecule has 0 saturated heterocycles. The van der Waals surface area contributed by atoms with Gasteiger partial charge in [0.15, 0.2) is 5.16 Å². The van der Waals surface area contributed by atoms with Crippen LogP contribution >= 0.6 is 11.8 Å². The van der Waals surface area contributed by atoms with Crippen LogP contribution in [0, 0.1) is 0 Å². The number of thioether (sulfide) groups is 1. The minimum atomic E-state index is -0.516. The number of primary amides is 1. The van der Waals surface area contributed by atoms with Crippen molar-refractivity contribution in [3.63, 3.8) is 0 Å². The molecule has 3 aromatic rings. The van der Waals surface area contributed by atoms with Crippen molar-refractivity contribution in [1.29, 1.82) is 0 Å². The van der Waals surface area contributed by atoms with E-state index in [0.717, 1.165) is 23.2 Å². The topological polar surface area (TPSA) is 101 Å². The van der Waals surface area contributed by atoms with E-state index < -0.39 is 5.91 Å². The summed E-state index contributed by atoms with van der Waals surface area (Å²) < 4.78 is 4.94. The number of nitrogens with two attached hydrogens (primary N) is 1. The molecule has 1 amide bonds. The molecule has 1 heterocycles. The van der Waals surface area contributed by atoms with Crippen molar-refractivity contribution in [1.82, 2.24) is 14.9 Å². The van der Waals surface area contributed by atoms with Crippen molar-refractivity contribution < 1.29 is 14.3 Å². The number of imidazole rings is 1. The van der Waals surface area contributed by atoms with Crippen LogP contribution in [0.4, 0.5) is 0 Å². The zero-order valence-electron chi connectivity index (χ0n) is 16.0. The highest BCUT2D eigenvalue weighted by atomic mass is 32.2. The summed E-state index contributed by atoms with van der Waals surface area (Å²) in [7, 11) is 5.33. The third-order valence-corrected chi connectivity index (χ3v) is 5.12. The molecular formula is C20H22N4O3S. The van der Waals surface area contributed by atoms with Gasteiger partial charge in [0.1, 0.15) is 5.52 Å². The van der Waals surface area contributed by atoms with Crippen LogP contribution in [-0.4, -0.2) is 47.9 Å². The maximum absolute atomic E-state index is 12.2. The molecule has 0 aliphatic heterocycles. The lowest BCUT2D eigenvalue weighted by Crippen LogP contribution is -2.12. The van der Waals surface area contributed by atoms with Gasteiger partial charge in [-0.2, -0.15) is 0 Å². The predicted molar refractivity (Wildman–Crippen MR) is 109 cm³/mol. The Morgan fingerprint density at radius 2 is 2.00 bits per heavy atom. The minimum Gasteiger partial charge on any atom is -0.465 e. The number of fused-ring (bicyclic) bond motifs is 1. The average Bonchev–Trinajstić information content (AvgIpc) is 3.08. The Bertz CT molecular complexity index is 1030. The number of hydrogen-bond donors (Lipinski definition) is 2. The number of carbonyl (C=O) groups is 2. The number of nitrogens with one attached hydrogen (secondary N) is 1. The molecule has 1 aromatic heterocycles. The van der Waals surface area contributed by atoms with E-state index in [1.807, 2.05) is 43.3 Å². The van der Waals surface area contributed by atoms with Crippen LogP contribution in [0.1, 0.15) is 31.8 Å². The summed E-state index contributed by atoms with van der Waals surface area (Å²) in [5.41, 5.74) is 9.52. The average molecular weight is 398 g/mol. The first kappa shape index (κ1) is 19.9. The van der Waals surface area contributed by atoms with E-state index >= 15 is 0 Å². The largest absolute Gasteiger partial charge is 0.465 e. The summed E-state index contributed by atoms with van der Waals surface area (Å²) in [6.07, 6.45) is 0. The zero-order valence-corrected chi connectivity index (χ0v) is 16.8. The van der Waals surface area contributed by atoms with Gasteiger partial charge in [-0.15, -0.1) is 0 Å². The molecule has 0 aliphatic rings. The van der Waals surface area contributed by atoms with Crippen LogP contribution in [-0.2, 0) is 17.0 Å². The molecule has 0 radical (unpaired) electrons. The Balaban J connectivity index is 1.85. The first-order chi connectivity index (χ1) is 13.4. The fourth-order valence-electron chi connectivity index (χ4n) is 2.94. The van der Waals surface area contributed by atoms with Crippen molar-refractivity contribution >= 4 is 34.7 Å². The standard InChI is InChI=1S/C20H22N4O3S/c1-24(2)10-12-7-8-13(15(9-12)19(26)27-3)11-28-20-22-16-6-4-5-14(18(21)25)17(16)23-20/h4-9H,10-11H2,1-3H3,(H2,21,25)(H,22,23). The van der Waals surface area contributed by atoms with E-state index in [4.69, 9.17) is 10.5 Å². The molecule has 2 aromatic carbocycles. The lowest BCUT2D eigenvalue weighted by atomic mass is 10.0. The summed E-state index contributed by atoms with van der Waals surface area (Å²) in [6.45, 7) is 0.733. The number of aromatic amines is 1. The van der Waals surface area contributed by atoms with Crippen LogP contribution < -0.4 is 5.73 Å². The quantitative estimate of drug-likeness (QED) is 0.469. The van der Waals surface area contributed by atoms with Crippen molar-refractivity contribution in [2.75, 3.05) is 21.2 Å². The van der Waals surface area contributed by atoms with Crippen LogP contribution in [0.5, 0.6) is 0 Å². The van der Waals surface area contributed by atoms with Crippen LogP contribution in [0.2, 0.25) is 0 Å². The molecule has 0 fully saturated rings. The SMILES string of the molecule is COC(=O)c1cc(CN(C)C)ccc1CSc1nc2c(C(N)=O)cccc2[nH]1. The highest BCUT2D eigenvalue weighted by Crippen LogP contribution is 2.27. The van der Waals surface area contributed by atoms with Crippen molar-refractivity contribution in [3.8, 4) is 0 Å². The molecule has 8 heteroatoms. The van der Waals surface area contributed by atoms with Gasteiger partial charge in [-0.3, -0.25) is 4.79 Å².